The molecule has 76 valence electrons. The number of amides is 2. The maximum atomic E-state index is 11.4. The van der Waals surface area contributed by atoms with Gasteiger partial charge in [-0.3, -0.25) is 9.59 Å². The van der Waals surface area contributed by atoms with Gasteiger partial charge in [-0.1, -0.05) is 0 Å². The van der Waals surface area contributed by atoms with Crippen molar-refractivity contribution in [3.63, 3.8) is 0 Å². The average molecular weight is 186 g/mol. The molecule has 0 unspecified atom stereocenters. The van der Waals surface area contributed by atoms with E-state index in [9.17, 15) is 9.59 Å². The fourth-order valence-electron chi connectivity index (χ4n) is 0.848. The Labute approximate surface area is 79.1 Å². The Balaban J connectivity index is 4.05. The van der Waals surface area contributed by atoms with Crippen molar-refractivity contribution >= 4 is 11.8 Å². The summed E-state index contributed by atoms with van der Waals surface area (Å²) in [5.41, 5.74) is -0.260. The van der Waals surface area contributed by atoms with Crippen molar-refractivity contribution in [1.82, 2.24) is 10.6 Å². The van der Waals surface area contributed by atoms with Gasteiger partial charge in [0.15, 0.2) is 0 Å². The Hall–Kier alpha value is -1.06. The van der Waals surface area contributed by atoms with Crippen molar-refractivity contribution in [2.45, 2.75) is 46.2 Å². The molecule has 0 aromatic heterocycles. The van der Waals surface area contributed by atoms with E-state index in [4.69, 9.17) is 0 Å². The highest BCUT2D eigenvalue weighted by molar-refractivity contribution is 5.86. The first kappa shape index (κ1) is 11.9. The van der Waals surface area contributed by atoms with Gasteiger partial charge in [0.05, 0.1) is 0 Å². The minimum atomic E-state index is -0.475. The lowest BCUT2D eigenvalue weighted by molar-refractivity contribution is -0.128. The van der Waals surface area contributed by atoms with Crippen LogP contribution in [0.3, 0.4) is 0 Å². The van der Waals surface area contributed by atoms with Crippen molar-refractivity contribution in [2.24, 2.45) is 0 Å². The number of hydrogen-bond donors (Lipinski definition) is 2. The molecule has 0 bridgehead atoms. The summed E-state index contributed by atoms with van der Waals surface area (Å²) in [5.74, 6) is -0.362. The Bertz CT molecular complexity index is 206. The second-order valence-electron chi connectivity index (χ2n) is 4.16. The number of rotatable bonds is 2. The van der Waals surface area contributed by atoms with Crippen LogP contribution in [0.1, 0.15) is 34.6 Å². The third-order valence-electron chi connectivity index (χ3n) is 1.31. The van der Waals surface area contributed by atoms with Gasteiger partial charge in [-0.2, -0.15) is 0 Å². The van der Waals surface area contributed by atoms with Crippen LogP contribution in [-0.2, 0) is 9.59 Å². The molecule has 0 fully saturated rings. The smallest absolute Gasteiger partial charge is 0.242 e. The Morgan fingerprint density at radius 1 is 1.23 bits per heavy atom. The molecule has 0 spiro atoms. The van der Waals surface area contributed by atoms with E-state index in [-0.39, 0.29) is 17.4 Å². The van der Waals surface area contributed by atoms with Gasteiger partial charge in [0.1, 0.15) is 6.04 Å². The lowest BCUT2D eigenvalue weighted by atomic mass is 10.1. The average Bonchev–Trinajstić information content (AvgIpc) is 1.81. The molecule has 4 nitrogen and oxygen atoms in total. The van der Waals surface area contributed by atoms with Crippen LogP contribution in [-0.4, -0.2) is 23.4 Å². The molecule has 0 saturated carbocycles. The van der Waals surface area contributed by atoms with E-state index in [0.717, 1.165) is 0 Å². The molecule has 13 heavy (non-hydrogen) atoms. The third-order valence-corrected chi connectivity index (χ3v) is 1.31. The lowest BCUT2D eigenvalue weighted by Crippen LogP contribution is -2.50. The van der Waals surface area contributed by atoms with Gasteiger partial charge in [0, 0.05) is 12.5 Å². The molecule has 0 aliphatic heterocycles. The van der Waals surface area contributed by atoms with Gasteiger partial charge in [0.25, 0.3) is 0 Å². The molecule has 0 aliphatic carbocycles. The van der Waals surface area contributed by atoms with Gasteiger partial charge in [-0.15, -0.1) is 0 Å². The molecule has 2 N–H and O–H groups in total. The topological polar surface area (TPSA) is 58.2 Å². The van der Waals surface area contributed by atoms with Crippen LogP contribution >= 0.6 is 0 Å². The van der Waals surface area contributed by atoms with E-state index >= 15 is 0 Å². The largest absolute Gasteiger partial charge is 0.350 e. The Kier molecular flexibility index (Phi) is 3.91. The van der Waals surface area contributed by atoms with E-state index in [1.165, 1.54) is 6.92 Å². The zero-order valence-corrected chi connectivity index (χ0v) is 8.89. The first-order valence-corrected chi connectivity index (χ1v) is 4.31. The van der Waals surface area contributed by atoms with Gasteiger partial charge in [-0.05, 0) is 27.7 Å². The third kappa shape index (κ3) is 6.13. The molecule has 2 amide bonds. The van der Waals surface area contributed by atoms with Crippen molar-refractivity contribution in [1.29, 1.82) is 0 Å². The SMILES string of the molecule is CC(=O)N[C@H](C)C(=O)NC(C)(C)C. The predicted molar refractivity (Wildman–Crippen MR) is 51.2 cm³/mol. The summed E-state index contributed by atoms with van der Waals surface area (Å²) in [4.78, 5) is 22.0. The fourth-order valence-corrected chi connectivity index (χ4v) is 0.848. The second-order valence-corrected chi connectivity index (χ2v) is 4.16. The van der Waals surface area contributed by atoms with Crippen LogP contribution in [0.4, 0.5) is 0 Å². The predicted octanol–water partition coefficient (Wildman–Crippen LogP) is 0.426. The zero-order chi connectivity index (χ0) is 10.6. The molecule has 0 aliphatic rings. The molecule has 0 aromatic rings. The van der Waals surface area contributed by atoms with Crippen molar-refractivity contribution in [2.75, 3.05) is 0 Å². The molecular formula is C9H18N2O2. The summed E-state index contributed by atoms with van der Waals surface area (Å²) in [5, 5.41) is 5.28. The number of hydrogen-bond acceptors (Lipinski definition) is 2. The van der Waals surface area contributed by atoms with E-state index in [1.54, 1.807) is 6.92 Å². The monoisotopic (exact) mass is 186 g/mol. The van der Waals surface area contributed by atoms with Gasteiger partial charge in [0.2, 0.25) is 11.8 Å². The maximum absolute atomic E-state index is 11.4. The van der Waals surface area contributed by atoms with Crippen LogP contribution in [0.2, 0.25) is 0 Å². The minimum absolute atomic E-state index is 0.164. The highest BCUT2D eigenvalue weighted by atomic mass is 16.2. The lowest BCUT2D eigenvalue weighted by Gasteiger charge is -2.23. The normalized spacial score (nSPS) is 13.3. The summed E-state index contributed by atoms with van der Waals surface area (Å²) in [6.45, 7) is 8.73. The van der Waals surface area contributed by atoms with Gasteiger partial charge >= 0.3 is 0 Å². The molecule has 0 aromatic carbocycles. The van der Waals surface area contributed by atoms with E-state index in [2.05, 4.69) is 10.6 Å². The van der Waals surface area contributed by atoms with Crippen molar-refractivity contribution in [3.8, 4) is 0 Å². The maximum Gasteiger partial charge on any atom is 0.242 e. The first-order valence-electron chi connectivity index (χ1n) is 4.31. The summed E-state index contributed by atoms with van der Waals surface area (Å²) in [7, 11) is 0. The summed E-state index contributed by atoms with van der Waals surface area (Å²) in [6.07, 6.45) is 0. The van der Waals surface area contributed by atoms with Crippen LogP contribution in [0.15, 0.2) is 0 Å². The fraction of sp³-hybridized carbons (Fsp3) is 0.778. The molecule has 1 atom stereocenters. The van der Waals surface area contributed by atoms with Crippen LogP contribution in [0.25, 0.3) is 0 Å². The minimum Gasteiger partial charge on any atom is -0.350 e. The van der Waals surface area contributed by atoms with Gasteiger partial charge in [-0.25, -0.2) is 0 Å². The summed E-state index contributed by atoms with van der Waals surface area (Å²) < 4.78 is 0. The number of carbonyl (C=O) groups is 2. The van der Waals surface area contributed by atoms with Gasteiger partial charge < -0.3 is 10.6 Å². The number of carbonyl (C=O) groups excluding carboxylic acids is 2. The Morgan fingerprint density at radius 3 is 2.00 bits per heavy atom. The standard InChI is InChI=1S/C9H18N2O2/c1-6(10-7(2)12)8(13)11-9(3,4)5/h6H,1-5H3,(H,10,12)(H,11,13)/t6-/m1/s1. The second kappa shape index (κ2) is 4.25. The first-order chi connectivity index (χ1) is 5.72. The molecule has 0 radical (unpaired) electrons. The molecule has 4 heteroatoms. The molecular weight excluding hydrogens is 168 g/mol. The summed E-state index contributed by atoms with van der Waals surface area (Å²) in [6, 6.07) is -0.475. The van der Waals surface area contributed by atoms with E-state index in [1.807, 2.05) is 20.8 Å². The van der Waals surface area contributed by atoms with E-state index in [0.29, 0.717) is 0 Å². The molecule has 0 saturated heterocycles. The quantitative estimate of drug-likeness (QED) is 0.657. The zero-order valence-electron chi connectivity index (χ0n) is 8.89. The van der Waals surface area contributed by atoms with Crippen LogP contribution < -0.4 is 10.6 Å². The van der Waals surface area contributed by atoms with Crippen molar-refractivity contribution < 1.29 is 9.59 Å². The van der Waals surface area contributed by atoms with E-state index < -0.39 is 6.04 Å². The van der Waals surface area contributed by atoms with Crippen molar-refractivity contribution in [3.05, 3.63) is 0 Å². The highest BCUT2D eigenvalue weighted by Crippen LogP contribution is 1.99. The Morgan fingerprint density at radius 2 is 1.69 bits per heavy atom. The number of nitrogens with one attached hydrogen (secondary N) is 2. The molecule has 0 heterocycles. The van der Waals surface area contributed by atoms with Crippen LogP contribution in [0.5, 0.6) is 0 Å². The highest BCUT2D eigenvalue weighted by Gasteiger charge is 2.19. The van der Waals surface area contributed by atoms with Crippen LogP contribution in [0, 0.1) is 0 Å². The summed E-state index contributed by atoms with van der Waals surface area (Å²) >= 11 is 0. The molecule has 0 rings (SSSR count).